The highest BCUT2D eigenvalue weighted by Crippen LogP contribution is 2.35. The average Bonchev–Trinajstić information content (AvgIpc) is 3.25. The number of fused-ring (bicyclic) bond motifs is 1. The molecule has 39 heavy (non-hydrogen) atoms. The van der Waals surface area contributed by atoms with Crippen LogP contribution in [0.15, 0.2) is 84.9 Å². The highest BCUT2D eigenvalue weighted by molar-refractivity contribution is 6.37. The number of benzene rings is 3. The number of non-ortho nitro benzene ring substituents is 1. The molecule has 0 radical (unpaired) electrons. The van der Waals surface area contributed by atoms with Gasteiger partial charge in [0.25, 0.3) is 11.6 Å². The second kappa shape index (κ2) is 10.1. The van der Waals surface area contributed by atoms with Crippen LogP contribution >= 0.6 is 11.6 Å². The van der Waals surface area contributed by atoms with E-state index in [-0.39, 0.29) is 22.8 Å². The molecule has 2 aromatic heterocycles. The summed E-state index contributed by atoms with van der Waals surface area (Å²) in [6, 6.07) is 20.9. The molecule has 0 aliphatic heterocycles. The molecule has 1 amide bonds. The van der Waals surface area contributed by atoms with Gasteiger partial charge in [-0.05, 0) is 18.2 Å². The number of carbonyl (C=O) groups excluding carboxylic acids is 1. The fourth-order valence-corrected chi connectivity index (χ4v) is 3.98. The molecule has 0 aliphatic rings. The van der Waals surface area contributed by atoms with Gasteiger partial charge in [0.2, 0.25) is 0 Å². The van der Waals surface area contributed by atoms with Gasteiger partial charge in [-0.25, -0.2) is 9.50 Å². The molecular weight excluding hydrogens is 539 g/mol. The number of nitrogens with zero attached hydrogens (tertiary/aromatic N) is 4. The first-order chi connectivity index (χ1) is 18.6. The molecule has 0 bridgehead atoms. The number of ether oxygens (including phenoxy) is 1. The summed E-state index contributed by atoms with van der Waals surface area (Å²) in [5, 5.41) is 17.2. The van der Waals surface area contributed by atoms with Crippen LogP contribution in [0.25, 0.3) is 16.9 Å². The molecule has 0 atom stereocenters. The third-order valence-electron chi connectivity index (χ3n) is 5.45. The first-order valence-electron chi connectivity index (χ1n) is 11.2. The monoisotopic (exact) mass is 553 g/mol. The fourth-order valence-electron chi connectivity index (χ4n) is 3.73. The van der Waals surface area contributed by atoms with E-state index in [1.807, 2.05) is 0 Å². The minimum atomic E-state index is -4.85. The quantitative estimate of drug-likeness (QED) is 0.179. The van der Waals surface area contributed by atoms with Crippen molar-refractivity contribution in [2.24, 2.45) is 0 Å². The Morgan fingerprint density at radius 2 is 1.64 bits per heavy atom. The molecule has 0 saturated heterocycles. The molecule has 3 aromatic carbocycles. The summed E-state index contributed by atoms with van der Waals surface area (Å²) >= 11 is 6.31. The van der Waals surface area contributed by atoms with Gasteiger partial charge in [-0.1, -0.05) is 60.1 Å². The van der Waals surface area contributed by atoms with Gasteiger partial charge in [0, 0.05) is 17.7 Å². The Labute approximate surface area is 222 Å². The lowest BCUT2D eigenvalue weighted by molar-refractivity contribution is -0.384. The van der Waals surface area contributed by atoms with Gasteiger partial charge in [0.1, 0.15) is 16.5 Å². The lowest BCUT2D eigenvalue weighted by Gasteiger charge is -2.11. The summed E-state index contributed by atoms with van der Waals surface area (Å²) < 4.78 is 47.9. The van der Waals surface area contributed by atoms with E-state index < -0.39 is 39.1 Å². The lowest BCUT2D eigenvalue weighted by atomic mass is 10.1. The van der Waals surface area contributed by atoms with Crippen LogP contribution in [-0.2, 0) is 6.18 Å². The number of aromatic nitrogens is 3. The van der Waals surface area contributed by atoms with Crippen LogP contribution in [0, 0.1) is 10.1 Å². The maximum absolute atomic E-state index is 13.9. The third kappa shape index (κ3) is 5.36. The van der Waals surface area contributed by atoms with Gasteiger partial charge in [0.05, 0.1) is 22.4 Å². The molecule has 0 spiro atoms. The summed E-state index contributed by atoms with van der Waals surface area (Å²) in [7, 11) is 0. The summed E-state index contributed by atoms with van der Waals surface area (Å²) in [5.74, 6) is -0.579. The van der Waals surface area contributed by atoms with Crippen molar-refractivity contribution in [3.05, 3.63) is 111 Å². The molecule has 0 unspecified atom stereocenters. The number of hydrogen-bond acceptors (Lipinski definition) is 6. The number of carbonyl (C=O) groups is 1. The molecule has 13 heteroatoms. The average molecular weight is 554 g/mol. The van der Waals surface area contributed by atoms with E-state index in [9.17, 15) is 28.1 Å². The number of para-hydroxylation sites is 1. The number of nitro benzene ring substituents is 1. The molecule has 5 aromatic rings. The van der Waals surface area contributed by atoms with E-state index in [1.165, 1.54) is 6.07 Å². The van der Waals surface area contributed by atoms with Crippen molar-refractivity contribution in [3.8, 4) is 22.8 Å². The van der Waals surface area contributed by atoms with E-state index in [2.05, 4.69) is 15.4 Å². The van der Waals surface area contributed by atoms with E-state index >= 15 is 0 Å². The van der Waals surface area contributed by atoms with Crippen molar-refractivity contribution in [1.82, 2.24) is 14.6 Å². The molecule has 2 heterocycles. The maximum Gasteiger partial charge on any atom is 0.433 e. The number of anilines is 1. The van der Waals surface area contributed by atoms with Crippen LogP contribution in [0.2, 0.25) is 5.02 Å². The first kappa shape index (κ1) is 25.7. The van der Waals surface area contributed by atoms with Gasteiger partial charge in [-0.15, -0.1) is 0 Å². The minimum absolute atomic E-state index is 0.0226. The first-order valence-corrected chi connectivity index (χ1v) is 11.5. The van der Waals surface area contributed by atoms with Crippen LogP contribution < -0.4 is 10.1 Å². The van der Waals surface area contributed by atoms with Crippen molar-refractivity contribution >= 4 is 34.5 Å². The second-order valence-corrected chi connectivity index (χ2v) is 8.51. The normalized spacial score (nSPS) is 11.4. The number of hydrogen-bond donors (Lipinski definition) is 1. The number of nitrogens with one attached hydrogen (secondary N) is 1. The van der Waals surface area contributed by atoms with Crippen molar-refractivity contribution < 1.29 is 27.6 Å². The largest absolute Gasteiger partial charge is 0.457 e. The number of nitro groups is 1. The van der Waals surface area contributed by atoms with E-state index in [0.29, 0.717) is 15.8 Å². The third-order valence-corrected chi connectivity index (χ3v) is 5.79. The molecule has 0 aliphatic carbocycles. The van der Waals surface area contributed by atoms with E-state index in [0.717, 1.165) is 18.2 Å². The van der Waals surface area contributed by atoms with Gasteiger partial charge in [-0.2, -0.15) is 18.3 Å². The number of halogens is 4. The topological polar surface area (TPSA) is 112 Å². The van der Waals surface area contributed by atoms with Gasteiger partial charge in [0.15, 0.2) is 17.0 Å². The van der Waals surface area contributed by atoms with Gasteiger partial charge < -0.3 is 10.1 Å². The fraction of sp³-hybridized carbons (Fsp3) is 0.0385. The molecular formula is C26H15ClF3N5O4. The predicted octanol–water partition coefficient (Wildman–Crippen LogP) is 7.02. The standard InChI is InChI=1S/C26H15ClF3N5O4/c27-22-23(33-34-21(26(28,29)30)14-20(32-24(22)34)15-7-3-1-4-8-15)25(36)31-16-11-17(35(37)38)13-19(12-16)39-18-9-5-2-6-10-18/h1-14H,(H,31,36). The molecule has 0 saturated carbocycles. The Morgan fingerprint density at radius 1 is 0.974 bits per heavy atom. The highest BCUT2D eigenvalue weighted by Gasteiger charge is 2.36. The minimum Gasteiger partial charge on any atom is -0.457 e. The van der Waals surface area contributed by atoms with Crippen LogP contribution in [0.5, 0.6) is 11.5 Å². The van der Waals surface area contributed by atoms with Crippen LogP contribution in [0.1, 0.15) is 16.2 Å². The Morgan fingerprint density at radius 3 is 2.28 bits per heavy atom. The Kier molecular flexibility index (Phi) is 6.62. The smallest absolute Gasteiger partial charge is 0.433 e. The summed E-state index contributed by atoms with van der Waals surface area (Å²) in [4.78, 5) is 28.1. The molecule has 0 fully saturated rings. The number of alkyl halides is 3. The van der Waals surface area contributed by atoms with Gasteiger partial charge in [-0.3, -0.25) is 14.9 Å². The zero-order valence-electron chi connectivity index (χ0n) is 19.5. The Bertz CT molecular complexity index is 1710. The zero-order chi connectivity index (χ0) is 27.7. The molecule has 9 nitrogen and oxygen atoms in total. The van der Waals surface area contributed by atoms with E-state index in [1.54, 1.807) is 60.7 Å². The van der Waals surface area contributed by atoms with Crippen molar-refractivity contribution in [3.63, 3.8) is 0 Å². The second-order valence-electron chi connectivity index (χ2n) is 8.13. The predicted molar refractivity (Wildman–Crippen MR) is 136 cm³/mol. The summed E-state index contributed by atoms with van der Waals surface area (Å²) in [5.41, 5.74) is -2.22. The van der Waals surface area contributed by atoms with Crippen LogP contribution in [0.3, 0.4) is 0 Å². The van der Waals surface area contributed by atoms with Crippen LogP contribution in [0.4, 0.5) is 24.5 Å². The summed E-state index contributed by atoms with van der Waals surface area (Å²) in [6.07, 6.45) is -4.85. The Balaban J connectivity index is 1.54. The van der Waals surface area contributed by atoms with Gasteiger partial charge >= 0.3 is 6.18 Å². The number of amides is 1. The molecule has 1 N–H and O–H groups in total. The molecule has 196 valence electrons. The Hall–Kier alpha value is -4.97. The summed E-state index contributed by atoms with van der Waals surface area (Å²) in [6.45, 7) is 0. The SMILES string of the molecule is O=C(Nc1cc(Oc2ccccc2)cc([N+](=O)[O-])c1)c1nn2c(C(F)(F)F)cc(-c3ccccc3)nc2c1Cl. The van der Waals surface area contributed by atoms with Crippen molar-refractivity contribution in [1.29, 1.82) is 0 Å². The van der Waals surface area contributed by atoms with Crippen molar-refractivity contribution in [2.45, 2.75) is 6.18 Å². The lowest BCUT2D eigenvalue weighted by Crippen LogP contribution is -2.16. The van der Waals surface area contributed by atoms with Crippen LogP contribution in [-0.4, -0.2) is 25.4 Å². The van der Waals surface area contributed by atoms with E-state index in [4.69, 9.17) is 16.3 Å². The zero-order valence-corrected chi connectivity index (χ0v) is 20.3. The number of rotatable bonds is 6. The maximum atomic E-state index is 13.9. The highest BCUT2D eigenvalue weighted by atomic mass is 35.5. The van der Waals surface area contributed by atoms with Crippen molar-refractivity contribution in [2.75, 3.05) is 5.32 Å². The molecule has 5 rings (SSSR count).